The Labute approximate surface area is 144 Å². The molecule has 0 unspecified atom stereocenters. The van der Waals surface area contributed by atoms with Crippen molar-refractivity contribution in [1.82, 2.24) is 5.32 Å². The molecule has 0 aliphatic carbocycles. The van der Waals surface area contributed by atoms with Gasteiger partial charge < -0.3 is 24.8 Å². The van der Waals surface area contributed by atoms with Gasteiger partial charge in [-0.3, -0.25) is 9.59 Å². The first-order valence-corrected chi connectivity index (χ1v) is 7.68. The second kappa shape index (κ2) is 7.87. The van der Waals surface area contributed by atoms with Crippen molar-refractivity contribution in [1.29, 1.82) is 0 Å². The van der Waals surface area contributed by atoms with Gasteiger partial charge in [-0.05, 0) is 42.5 Å². The molecule has 2 aromatic heterocycles. The minimum absolute atomic E-state index is 0.107. The molecule has 0 aliphatic rings. The Bertz CT molecular complexity index is 826. The zero-order valence-corrected chi connectivity index (χ0v) is 13.3. The number of hydrogen-bond acceptors (Lipinski definition) is 5. The third kappa shape index (κ3) is 4.74. The standard InChI is InChI=1S/C18H17N3O4/c22-17(20-11-15-6-2-8-24-15)12-19-13-4-1-5-14(10-13)21-18(23)16-7-3-9-25-16/h1-10,19H,11-12H2,(H,20,22)(H,21,23). The van der Waals surface area contributed by atoms with Crippen LogP contribution in [0.3, 0.4) is 0 Å². The summed E-state index contributed by atoms with van der Waals surface area (Å²) in [5, 5.41) is 8.48. The maximum Gasteiger partial charge on any atom is 0.291 e. The van der Waals surface area contributed by atoms with Crippen molar-refractivity contribution in [3.05, 3.63) is 72.6 Å². The number of amides is 2. The van der Waals surface area contributed by atoms with Crippen molar-refractivity contribution >= 4 is 23.2 Å². The minimum atomic E-state index is -0.335. The first-order chi connectivity index (χ1) is 12.2. The van der Waals surface area contributed by atoms with Crippen molar-refractivity contribution in [3.63, 3.8) is 0 Å². The molecule has 3 aromatic rings. The average molecular weight is 339 g/mol. The molecule has 0 atom stereocenters. The summed E-state index contributed by atoms with van der Waals surface area (Å²) in [6.45, 7) is 0.447. The number of furan rings is 2. The van der Waals surface area contributed by atoms with E-state index in [2.05, 4.69) is 16.0 Å². The summed E-state index contributed by atoms with van der Waals surface area (Å²) in [6, 6.07) is 13.9. The molecule has 2 heterocycles. The second-order valence-electron chi connectivity index (χ2n) is 5.22. The molecule has 3 rings (SSSR count). The molecule has 0 radical (unpaired) electrons. The summed E-state index contributed by atoms with van der Waals surface area (Å²) in [7, 11) is 0. The van der Waals surface area contributed by atoms with Crippen molar-refractivity contribution in [2.45, 2.75) is 6.54 Å². The van der Waals surface area contributed by atoms with Crippen LogP contribution < -0.4 is 16.0 Å². The van der Waals surface area contributed by atoms with Crippen molar-refractivity contribution in [2.75, 3.05) is 17.2 Å². The smallest absolute Gasteiger partial charge is 0.291 e. The predicted molar refractivity (Wildman–Crippen MR) is 92.1 cm³/mol. The Morgan fingerprint density at radius 1 is 0.920 bits per heavy atom. The van der Waals surface area contributed by atoms with E-state index in [9.17, 15) is 9.59 Å². The largest absolute Gasteiger partial charge is 0.467 e. The van der Waals surface area contributed by atoms with Crippen LogP contribution in [0.4, 0.5) is 11.4 Å². The van der Waals surface area contributed by atoms with E-state index in [4.69, 9.17) is 8.83 Å². The fourth-order valence-electron chi connectivity index (χ4n) is 2.15. The number of nitrogens with one attached hydrogen (secondary N) is 3. The van der Waals surface area contributed by atoms with Crippen molar-refractivity contribution < 1.29 is 18.4 Å². The van der Waals surface area contributed by atoms with E-state index in [1.807, 2.05) is 6.07 Å². The van der Waals surface area contributed by atoms with Gasteiger partial charge in [-0.1, -0.05) is 6.07 Å². The number of hydrogen-bond donors (Lipinski definition) is 3. The van der Waals surface area contributed by atoms with Crippen LogP contribution in [-0.4, -0.2) is 18.4 Å². The summed E-state index contributed by atoms with van der Waals surface area (Å²) in [5.41, 5.74) is 1.31. The summed E-state index contributed by atoms with van der Waals surface area (Å²) in [4.78, 5) is 23.8. The Kier molecular flexibility index (Phi) is 5.16. The SMILES string of the molecule is O=C(CNc1cccc(NC(=O)c2ccco2)c1)NCc1ccco1. The number of carbonyl (C=O) groups excluding carboxylic acids is 2. The zero-order valence-electron chi connectivity index (χ0n) is 13.3. The van der Waals surface area contributed by atoms with Gasteiger partial charge in [0.05, 0.1) is 25.6 Å². The molecule has 2 amide bonds. The maximum absolute atomic E-state index is 12.0. The van der Waals surface area contributed by atoms with Gasteiger partial charge in [0.15, 0.2) is 5.76 Å². The second-order valence-corrected chi connectivity index (χ2v) is 5.22. The summed E-state index contributed by atoms with van der Waals surface area (Å²) in [6.07, 6.45) is 3.00. The van der Waals surface area contributed by atoms with Crippen LogP contribution in [0, 0.1) is 0 Å². The first kappa shape index (κ1) is 16.4. The molecule has 25 heavy (non-hydrogen) atoms. The van der Waals surface area contributed by atoms with Gasteiger partial charge in [0.25, 0.3) is 5.91 Å². The van der Waals surface area contributed by atoms with Crippen LogP contribution in [0.5, 0.6) is 0 Å². The van der Waals surface area contributed by atoms with Crippen molar-refractivity contribution in [3.8, 4) is 0 Å². The normalized spacial score (nSPS) is 10.2. The molecular weight excluding hydrogens is 322 g/mol. The molecule has 3 N–H and O–H groups in total. The van der Waals surface area contributed by atoms with E-state index in [1.54, 1.807) is 48.7 Å². The highest BCUT2D eigenvalue weighted by Crippen LogP contribution is 2.16. The Balaban J connectivity index is 1.49. The predicted octanol–water partition coefficient (Wildman–Crippen LogP) is 2.85. The van der Waals surface area contributed by atoms with E-state index in [1.165, 1.54) is 6.26 Å². The lowest BCUT2D eigenvalue weighted by molar-refractivity contribution is -0.119. The lowest BCUT2D eigenvalue weighted by Gasteiger charge is -2.09. The molecule has 0 bridgehead atoms. The molecule has 0 saturated carbocycles. The van der Waals surface area contributed by atoms with Gasteiger partial charge in [0, 0.05) is 11.4 Å². The lowest BCUT2D eigenvalue weighted by Crippen LogP contribution is -2.29. The van der Waals surface area contributed by atoms with E-state index >= 15 is 0 Å². The van der Waals surface area contributed by atoms with Gasteiger partial charge in [0.1, 0.15) is 5.76 Å². The van der Waals surface area contributed by atoms with Crippen LogP contribution in [0.15, 0.2) is 69.9 Å². The van der Waals surface area contributed by atoms with Gasteiger partial charge in [-0.15, -0.1) is 0 Å². The van der Waals surface area contributed by atoms with Gasteiger partial charge in [-0.25, -0.2) is 0 Å². The summed E-state index contributed by atoms with van der Waals surface area (Å²) in [5.74, 6) is 0.423. The number of anilines is 2. The Morgan fingerprint density at radius 3 is 2.48 bits per heavy atom. The van der Waals surface area contributed by atoms with Crippen molar-refractivity contribution in [2.24, 2.45) is 0 Å². The number of rotatable bonds is 7. The highest BCUT2D eigenvalue weighted by molar-refractivity contribution is 6.02. The quantitative estimate of drug-likeness (QED) is 0.615. The molecule has 0 aliphatic heterocycles. The first-order valence-electron chi connectivity index (χ1n) is 7.68. The lowest BCUT2D eigenvalue weighted by atomic mass is 10.2. The summed E-state index contributed by atoms with van der Waals surface area (Å²) >= 11 is 0. The Hall–Kier alpha value is -3.48. The van der Waals surface area contributed by atoms with E-state index < -0.39 is 0 Å². The average Bonchev–Trinajstić information content (AvgIpc) is 3.32. The monoisotopic (exact) mass is 339 g/mol. The number of benzene rings is 1. The molecule has 7 nitrogen and oxygen atoms in total. The van der Waals surface area contributed by atoms with Crippen LogP contribution in [0.1, 0.15) is 16.3 Å². The summed E-state index contributed by atoms with van der Waals surface area (Å²) < 4.78 is 10.2. The number of carbonyl (C=O) groups is 2. The van der Waals surface area contributed by atoms with Crippen LogP contribution in [0.2, 0.25) is 0 Å². The fraction of sp³-hybridized carbons (Fsp3) is 0.111. The topological polar surface area (TPSA) is 96.5 Å². The molecule has 7 heteroatoms. The fourth-order valence-corrected chi connectivity index (χ4v) is 2.15. The van der Waals surface area contributed by atoms with Gasteiger partial charge in [-0.2, -0.15) is 0 Å². The third-order valence-electron chi connectivity index (χ3n) is 3.36. The Morgan fingerprint density at radius 2 is 1.72 bits per heavy atom. The maximum atomic E-state index is 12.0. The van der Waals surface area contributed by atoms with Gasteiger partial charge in [0.2, 0.25) is 5.91 Å². The van der Waals surface area contributed by atoms with E-state index in [0.29, 0.717) is 23.7 Å². The molecule has 0 saturated heterocycles. The molecular formula is C18H17N3O4. The highest BCUT2D eigenvalue weighted by Gasteiger charge is 2.09. The molecule has 0 spiro atoms. The highest BCUT2D eigenvalue weighted by atomic mass is 16.3. The van der Waals surface area contributed by atoms with E-state index in [-0.39, 0.29) is 24.1 Å². The molecule has 128 valence electrons. The third-order valence-corrected chi connectivity index (χ3v) is 3.36. The molecule has 1 aromatic carbocycles. The molecule has 0 fully saturated rings. The minimum Gasteiger partial charge on any atom is -0.467 e. The van der Waals surface area contributed by atoms with Crippen LogP contribution in [-0.2, 0) is 11.3 Å². The van der Waals surface area contributed by atoms with E-state index in [0.717, 1.165) is 0 Å². The van der Waals surface area contributed by atoms with Crippen LogP contribution >= 0.6 is 0 Å². The van der Waals surface area contributed by atoms with Gasteiger partial charge >= 0.3 is 0 Å². The zero-order chi connectivity index (χ0) is 17.5. The van der Waals surface area contributed by atoms with Crippen LogP contribution in [0.25, 0.3) is 0 Å².